The smallest absolute Gasteiger partial charge is 0.329 e. The molecule has 2 aliphatic heterocycles. The van der Waals surface area contributed by atoms with Gasteiger partial charge in [-0.15, -0.1) is 0 Å². The summed E-state index contributed by atoms with van der Waals surface area (Å²) < 4.78 is 5.39. The molecule has 0 aromatic rings. The van der Waals surface area contributed by atoms with Gasteiger partial charge in [0.05, 0.1) is 19.1 Å². The van der Waals surface area contributed by atoms with Crippen molar-refractivity contribution >= 4 is 17.8 Å². The van der Waals surface area contributed by atoms with Crippen molar-refractivity contribution in [1.29, 1.82) is 0 Å². The highest BCUT2D eigenvalue weighted by Crippen LogP contribution is 2.30. The Morgan fingerprint density at radius 2 is 2.00 bits per heavy atom. The summed E-state index contributed by atoms with van der Waals surface area (Å²) in [6.07, 6.45) is -6.08. The summed E-state index contributed by atoms with van der Waals surface area (Å²) >= 11 is 0. The highest BCUT2D eigenvalue weighted by Gasteiger charge is 2.49. The van der Waals surface area contributed by atoms with Gasteiger partial charge in [0.2, 0.25) is 11.8 Å². The zero-order valence-electron chi connectivity index (χ0n) is 13.2. The summed E-state index contributed by atoms with van der Waals surface area (Å²) in [4.78, 5) is 36.0. The average molecular weight is 362 g/mol. The monoisotopic (exact) mass is 362 g/mol. The van der Waals surface area contributed by atoms with Crippen molar-refractivity contribution in [3.05, 3.63) is 0 Å². The van der Waals surface area contributed by atoms with Gasteiger partial charge in [0.1, 0.15) is 30.6 Å². The molecule has 0 unspecified atom stereocenters. The first-order chi connectivity index (χ1) is 11.7. The van der Waals surface area contributed by atoms with E-state index in [4.69, 9.17) is 21.3 Å². The lowest BCUT2D eigenvalue weighted by atomic mass is 10.0. The van der Waals surface area contributed by atoms with E-state index in [1.54, 1.807) is 0 Å². The van der Waals surface area contributed by atoms with Gasteiger partial charge in [0, 0.05) is 6.54 Å². The molecular formula is C13H22N4O8. The van der Waals surface area contributed by atoms with E-state index >= 15 is 0 Å². The molecule has 2 heterocycles. The Kier molecular flexibility index (Phi) is 5.92. The Hall–Kier alpha value is -1.83. The molecule has 12 heteroatoms. The fraction of sp³-hybridized carbons (Fsp3) is 0.769. The third-order valence-electron chi connectivity index (χ3n) is 4.32. The number of fused-ring (bicyclic) bond motifs is 1. The van der Waals surface area contributed by atoms with Crippen LogP contribution in [0.3, 0.4) is 0 Å². The number of ether oxygens (including phenoxy) is 1. The summed E-state index contributed by atoms with van der Waals surface area (Å²) in [5.41, 5.74) is 10.8. The Labute approximate surface area is 142 Å². The molecule has 25 heavy (non-hydrogen) atoms. The maximum Gasteiger partial charge on any atom is 0.329 e. The maximum atomic E-state index is 12.1. The number of amides is 2. The van der Waals surface area contributed by atoms with Gasteiger partial charge in [0.25, 0.3) is 0 Å². The first-order valence-corrected chi connectivity index (χ1v) is 7.65. The Balaban J connectivity index is 1.95. The van der Waals surface area contributed by atoms with E-state index < -0.39 is 61.1 Å². The molecule has 9 N–H and O–H groups in total. The van der Waals surface area contributed by atoms with Crippen LogP contribution in [0.4, 0.5) is 0 Å². The number of aliphatic hydroxyl groups is 3. The minimum atomic E-state index is -1.87. The summed E-state index contributed by atoms with van der Waals surface area (Å²) in [5.74, 6) is -2.81. The van der Waals surface area contributed by atoms with Crippen LogP contribution in [0.25, 0.3) is 0 Å². The van der Waals surface area contributed by atoms with Crippen molar-refractivity contribution in [3.63, 3.8) is 0 Å². The number of hydrogen-bond acceptors (Lipinski definition) is 9. The molecule has 2 saturated heterocycles. The van der Waals surface area contributed by atoms with Crippen LogP contribution in [0, 0.1) is 0 Å². The molecular weight excluding hydrogens is 340 g/mol. The quantitative estimate of drug-likeness (QED) is 0.204. The molecule has 0 spiro atoms. The maximum absolute atomic E-state index is 12.1. The van der Waals surface area contributed by atoms with Gasteiger partial charge in [-0.05, 0) is 0 Å². The van der Waals surface area contributed by atoms with E-state index in [0.29, 0.717) is 0 Å². The molecule has 142 valence electrons. The average Bonchev–Trinajstić information content (AvgIpc) is 2.93. The van der Waals surface area contributed by atoms with Gasteiger partial charge in [-0.25, -0.2) is 4.79 Å². The molecule has 0 saturated carbocycles. The van der Waals surface area contributed by atoms with Crippen LogP contribution < -0.4 is 16.8 Å². The lowest BCUT2D eigenvalue weighted by Gasteiger charge is -2.31. The summed E-state index contributed by atoms with van der Waals surface area (Å²) in [6.45, 7) is -0.348. The van der Waals surface area contributed by atoms with E-state index in [1.807, 2.05) is 5.32 Å². The van der Waals surface area contributed by atoms with Gasteiger partial charge in [-0.2, -0.15) is 0 Å². The fourth-order valence-electron chi connectivity index (χ4n) is 2.68. The number of carbonyl (C=O) groups is 3. The van der Waals surface area contributed by atoms with E-state index in [0.717, 1.165) is 0 Å². The van der Waals surface area contributed by atoms with Crippen molar-refractivity contribution in [1.82, 2.24) is 10.2 Å². The van der Waals surface area contributed by atoms with Crippen molar-refractivity contribution < 1.29 is 39.5 Å². The number of aliphatic carboxylic acids is 1. The zero-order valence-corrected chi connectivity index (χ0v) is 13.2. The van der Waals surface area contributed by atoms with Crippen molar-refractivity contribution in [2.24, 2.45) is 11.5 Å². The van der Waals surface area contributed by atoms with Gasteiger partial charge in [-0.1, -0.05) is 0 Å². The number of nitrogens with two attached hydrogens (primary N) is 2. The lowest BCUT2D eigenvalue weighted by molar-refractivity contribution is -0.159. The SMILES string of the molecule is NC[C@H](O)[C@H](O)[C@@H](NC(=O)[C@H](N)[C@H](O)[C@@H]1CN2C(=O)C[C@H]2O1)C(=O)O. The van der Waals surface area contributed by atoms with E-state index in [1.165, 1.54) is 4.90 Å². The lowest BCUT2D eigenvalue weighted by Crippen LogP contribution is -2.60. The van der Waals surface area contributed by atoms with Crippen molar-refractivity contribution in [3.8, 4) is 0 Å². The number of nitrogens with one attached hydrogen (secondary N) is 1. The minimum absolute atomic E-state index is 0.0719. The predicted octanol–water partition coefficient (Wildman–Crippen LogP) is -5.12. The molecule has 12 nitrogen and oxygen atoms in total. The largest absolute Gasteiger partial charge is 0.480 e. The summed E-state index contributed by atoms with van der Waals surface area (Å²) in [5, 5.41) is 40.4. The second-order valence-electron chi connectivity index (χ2n) is 6.01. The number of carboxylic acid groups (broad SMARTS) is 1. The summed E-state index contributed by atoms with van der Waals surface area (Å²) in [7, 11) is 0. The fourth-order valence-corrected chi connectivity index (χ4v) is 2.68. The Morgan fingerprint density at radius 3 is 2.48 bits per heavy atom. The second-order valence-corrected chi connectivity index (χ2v) is 6.01. The number of carboxylic acids is 1. The van der Waals surface area contributed by atoms with Crippen LogP contribution in [0.15, 0.2) is 0 Å². The van der Waals surface area contributed by atoms with Gasteiger partial charge >= 0.3 is 5.97 Å². The molecule has 2 aliphatic rings. The van der Waals surface area contributed by atoms with Crippen LogP contribution in [-0.2, 0) is 19.1 Å². The second kappa shape index (κ2) is 7.59. The zero-order chi connectivity index (χ0) is 18.9. The number of β-lactam (4-membered cyclic amide) rings is 1. The molecule has 2 rings (SSSR count). The van der Waals surface area contributed by atoms with Crippen LogP contribution in [0.1, 0.15) is 6.42 Å². The Bertz CT molecular complexity index is 546. The first-order valence-electron chi connectivity index (χ1n) is 7.65. The van der Waals surface area contributed by atoms with E-state index in [-0.39, 0.29) is 18.9 Å². The standard InChI is InChI=1S/C13H22N4O8/c14-2-4(18)10(20)9(13(23)24)16-12(22)8(15)11(21)5-3-17-6(19)1-7(17)25-5/h4-5,7-11,18,20-21H,1-3,14-15H2,(H,16,22)(H,23,24)/t4-,5-,7+,8+,9+,10-,11+/m0/s1. The van der Waals surface area contributed by atoms with Crippen LogP contribution in [-0.4, -0.2) is 98.9 Å². The Morgan fingerprint density at radius 1 is 1.36 bits per heavy atom. The van der Waals surface area contributed by atoms with Crippen LogP contribution >= 0.6 is 0 Å². The van der Waals surface area contributed by atoms with E-state index in [9.17, 15) is 29.7 Å². The normalized spacial score (nSPS) is 28.4. The molecule has 7 atom stereocenters. The van der Waals surface area contributed by atoms with E-state index in [2.05, 4.69) is 0 Å². The molecule has 0 radical (unpaired) electrons. The topological polar surface area (TPSA) is 209 Å². The number of aliphatic hydroxyl groups excluding tert-OH is 3. The number of nitrogens with zero attached hydrogens (tertiary/aromatic N) is 1. The van der Waals surface area contributed by atoms with Crippen molar-refractivity contribution in [2.75, 3.05) is 13.1 Å². The van der Waals surface area contributed by atoms with Crippen LogP contribution in [0.5, 0.6) is 0 Å². The molecule has 2 amide bonds. The predicted molar refractivity (Wildman–Crippen MR) is 79.6 cm³/mol. The highest BCUT2D eigenvalue weighted by molar-refractivity contribution is 5.87. The number of hydrogen-bond donors (Lipinski definition) is 7. The molecule has 0 aliphatic carbocycles. The molecule has 0 aromatic carbocycles. The number of carbonyl (C=O) groups excluding carboxylic acids is 2. The van der Waals surface area contributed by atoms with Gasteiger partial charge in [0.15, 0.2) is 6.04 Å². The number of rotatable bonds is 8. The minimum Gasteiger partial charge on any atom is -0.480 e. The summed E-state index contributed by atoms with van der Waals surface area (Å²) in [6, 6.07) is -3.43. The third kappa shape index (κ3) is 3.89. The molecule has 0 aromatic heterocycles. The highest BCUT2D eigenvalue weighted by atomic mass is 16.5. The molecule has 2 fully saturated rings. The van der Waals surface area contributed by atoms with Gasteiger partial charge in [-0.3, -0.25) is 9.59 Å². The third-order valence-corrected chi connectivity index (χ3v) is 4.32. The van der Waals surface area contributed by atoms with Crippen molar-refractivity contribution in [2.45, 2.75) is 49.1 Å². The van der Waals surface area contributed by atoms with Gasteiger partial charge < -0.3 is 46.8 Å². The first kappa shape index (κ1) is 19.5. The van der Waals surface area contributed by atoms with Crippen LogP contribution in [0.2, 0.25) is 0 Å². The molecule has 0 bridgehead atoms.